The molecule has 1 fully saturated rings. The van der Waals surface area contributed by atoms with Crippen LogP contribution in [-0.4, -0.2) is 70.9 Å². The van der Waals surface area contributed by atoms with Crippen LogP contribution in [0, 0.1) is 0 Å². The fourth-order valence-corrected chi connectivity index (χ4v) is 2.86. The Labute approximate surface area is 158 Å². The zero-order chi connectivity index (χ0) is 18.9. The number of carbonyl (C=O) groups excluding carboxylic acids is 2. The molecular formula is C20H23N5O2. The first-order valence-corrected chi connectivity index (χ1v) is 8.98. The molecule has 0 saturated carbocycles. The maximum absolute atomic E-state index is 12.3. The van der Waals surface area contributed by atoms with Gasteiger partial charge >= 0.3 is 0 Å². The highest BCUT2D eigenvalue weighted by Crippen LogP contribution is 2.05. The van der Waals surface area contributed by atoms with Crippen molar-refractivity contribution in [2.24, 2.45) is 0 Å². The number of amides is 2. The first-order chi connectivity index (χ1) is 13.2. The number of nitrogens with one attached hydrogen (secondary N) is 1. The van der Waals surface area contributed by atoms with Crippen LogP contribution in [-0.2, 0) is 4.79 Å². The average Bonchev–Trinajstić information content (AvgIpc) is 2.73. The van der Waals surface area contributed by atoms with Crippen molar-refractivity contribution in [2.45, 2.75) is 0 Å². The Morgan fingerprint density at radius 2 is 1.85 bits per heavy atom. The van der Waals surface area contributed by atoms with Gasteiger partial charge in [-0.25, -0.2) is 4.98 Å². The van der Waals surface area contributed by atoms with E-state index < -0.39 is 0 Å². The van der Waals surface area contributed by atoms with E-state index in [0.717, 1.165) is 19.6 Å². The first kappa shape index (κ1) is 18.7. The lowest BCUT2D eigenvalue weighted by atomic mass is 10.2. The summed E-state index contributed by atoms with van der Waals surface area (Å²) in [5.41, 5.74) is 1.39. The average molecular weight is 365 g/mol. The standard InChI is InChI=1S/C20H23N5O2/c26-19(16-23-20(27)18-15-21-8-9-22-18)25-13-11-24(12-14-25)10-4-7-17-5-2-1-3-6-17/h1-9,15H,10-14,16H2,(H,23,27). The van der Waals surface area contributed by atoms with Gasteiger partial charge in [-0.05, 0) is 5.56 Å². The third-order valence-electron chi connectivity index (χ3n) is 4.39. The van der Waals surface area contributed by atoms with Gasteiger partial charge in [-0.2, -0.15) is 0 Å². The van der Waals surface area contributed by atoms with E-state index in [9.17, 15) is 9.59 Å². The summed E-state index contributed by atoms with van der Waals surface area (Å²) in [7, 11) is 0. The summed E-state index contributed by atoms with van der Waals surface area (Å²) < 4.78 is 0. The van der Waals surface area contributed by atoms with Crippen LogP contribution in [0.1, 0.15) is 16.1 Å². The van der Waals surface area contributed by atoms with Crippen LogP contribution in [0.25, 0.3) is 6.08 Å². The molecule has 0 spiro atoms. The number of hydrogen-bond acceptors (Lipinski definition) is 5. The van der Waals surface area contributed by atoms with Gasteiger partial charge in [-0.3, -0.25) is 19.5 Å². The molecule has 7 nitrogen and oxygen atoms in total. The molecule has 1 aliphatic heterocycles. The van der Waals surface area contributed by atoms with Crippen LogP contribution in [0.5, 0.6) is 0 Å². The number of rotatable bonds is 6. The van der Waals surface area contributed by atoms with Crippen molar-refractivity contribution in [1.82, 2.24) is 25.1 Å². The molecule has 0 bridgehead atoms. The zero-order valence-corrected chi connectivity index (χ0v) is 15.1. The summed E-state index contributed by atoms with van der Waals surface area (Å²) in [4.78, 5) is 36.1. The second kappa shape index (κ2) is 9.59. The summed E-state index contributed by atoms with van der Waals surface area (Å²) in [5.74, 6) is -0.465. The van der Waals surface area contributed by atoms with Crippen molar-refractivity contribution in [2.75, 3.05) is 39.3 Å². The number of benzene rings is 1. The van der Waals surface area contributed by atoms with Crippen LogP contribution in [0.3, 0.4) is 0 Å². The van der Waals surface area contributed by atoms with Crippen LogP contribution >= 0.6 is 0 Å². The Bertz CT molecular complexity index is 771. The Kier molecular flexibility index (Phi) is 6.65. The molecule has 2 aromatic rings. The molecular weight excluding hydrogens is 342 g/mol. The highest BCUT2D eigenvalue weighted by atomic mass is 16.2. The Morgan fingerprint density at radius 3 is 2.56 bits per heavy atom. The van der Waals surface area contributed by atoms with Crippen molar-refractivity contribution in [3.63, 3.8) is 0 Å². The summed E-state index contributed by atoms with van der Waals surface area (Å²) in [6.45, 7) is 3.81. The lowest BCUT2D eigenvalue weighted by Gasteiger charge is -2.34. The molecule has 1 N–H and O–H groups in total. The van der Waals surface area contributed by atoms with E-state index in [4.69, 9.17) is 0 Å². The van der Waals surface area contributed by atoms with Crippen molar-refractivity contribution in [3.05, 3.63) is 66.3 Å². The van der Waals surface area contributed by atoms with Crippen molar-refractivity contribution in [1.29, 1.82) is 0 Å². The smallest absolute Gasteiger partial charge is 0.271 e. The molecule has 140 valence electrons. The molecule has 1 aromatic carbocycles. The van der Waals surface area contributed by atoms with Gasteiger partial charge in [0.2, 0.25) is 5.91 Å². The van der Waals surface area contributed by atoms with Gasteiger partial charge in [0.1, 0.15) is 5.69 Å². The maximum Gasteiger partial charge on any atom is 0.271 e. The number of aromatic nitrogens is 2. The highest BCUT2D eigenvalue weighted by molar-refractivity contribution is 5.94. The SMILES string of the molecule is O=C(NCC(=O)N1CCN(CC=Cc2ccccc2)CC1)c1cnccn1. The number of carbonyl (C=O) groups is 2. The van der Waals surface area contributed by atoms with Crippen LogP contribution in [0.4, 0.5) is 0 Å². The van der Waals surface area contributed by atoms with E-state index in [1.807, 2.05) is 18.2 Å². The highest BCUT2D eigenvalue weighted by Gasteiger charge is 2.21. The molecule has 27 heavy (non-hydrogen) atoms. The summed E-state index contributed by atoms with van der Waals surface area (Å²) in [6.07, 6.45) is 8.58. The lowest BCUT2D eigenvalue weighted by molar-refractivity contribution is -0.131. The van der Waals surface area contributed by atoms with Crippen molar-refractivity contribution < 1.29 is 9.59 Å². The Morgan fingerprint density at radius 1 is 1.07 bits per heavy atom. The summed E-state index contributed by atoms with van der Waals surface area (Å²) >= 11 is 0. The van der Waals surface area contributed by atoms with E-state index in [0.29, 0.717) is 13.1 Å². The predicted molar refractivity (Wildman–Crippen MR) is 103 cm³/mol. The van der Waals surface area contributed by atoms with Gasteiger partial charge in [0.25, 0.3) is 5.91 Å². The minimum Gasteiger partial charge on any atom is -0.342 e. The monoisotopic (exact) mass is 365 g/mol. The Hall–Kier alpha value is -3.06. The van der Waals surface area contributed by atoms with Gasteiger partial charge in [-0.1, -0.05) is 42.5 Å². The normalized spacial score (nSPS) is 15.0. The molecule has 0 aliphatic carbocycles. The molecule has 1 saturated heterocycles. The van der Waals surface area contributed by atoms with Gasteiger partial charge in [0.05, 0.1) is 12.7 Å². The molecule has 7 heteroatoms. The molecule has 1 aliphatic rings. The zero-order valence-electron chi connectivity index (χ0n) is 15.1. The Balaban J connectivity index is 1.37. The second-order valence-corrected chi connectivity index (χ2v) is 6.27. The first-order valence-electron chi connectivity index (χ1n) is 8.98. The number of piperazine rings is 1. The minimum atomic E-state index is -0.388. The van der Waals surface area contributed by atoms with Crippen molar-refractivity contribution in [3.8, 4) is 0 Å². The predicted octanol–water partition coefficient (Wildman–Crippen LogP) is 1.06. The molecule has 1 aromatic heterocycles. The minimum absolute atomic E-state index is 0.0245. The van der Waals surface area contributed by atoms with E-state index in [1.165, 1.54) is 24.2 Å². The van der Waals surface area contributed by atoms with E-state index in [1.54, 1.807) is 4.90 Å². The van der Waals surface area contributed by atoms with Crippen molar-refractivity contribution >= 4 is 17.9 Å². The molecule has 0 radical (unpaired) electrons. The summed E-state index contributed by atoms with van der Waals surface area (Å²) in [6, 6.07) is 10.2. The summed E-state index contributed by atoms with van der Waals surface area (Å²) in [5, 5.41) is 2.60. The fourth-order valence-electron chi connectivity index (χ4n) is 2.86. The quantitative estimate of drug-likeness (QED) is 0.828. The van der Waals surface area contributed by atoms with Crippen LogP contribution in [0.2, 0.25) is 0 Å². The lowest BCUT2D eigenvalue weighted by Crippen LogP contribution is -2.51. The largest absolute Gasteiger partial charge is 0.342 e. The third kappa shape index (κ3) is 5.72. The van der Waals surface area contributed by atoms with Gasteiger partial charge in [0.15, 0.2) is 0 Å². The number of nitrogens with zero attached hydrogens (tertiary/aromatic N) is 4. The maximum atomic E-state index is 12.3. The molecule has 0 unspecified atom stereocenters. The van der Waals surface area contributed by atoms with Crippen LogP contribution < -0.4 is 5.32 Å². The third-order valence-corrected chi connectivity index (χ3v) is 4.39. The van der Waals surface area contributed by atoms with Gasteiger partial charge in [-0.15, -0.1) is 0 Å². The van der Waals surface area contributed by atoms with Gasteiger partial charge in [0, 0.05) is 45.1 Å². The van der Waals surface area contributed by atoms with E-state index in [-0.39, 0.29) is 24.1 Å². The van der Waals surface area contributed by atoms with E-state index in [2.05, 4.69) is 44.5 Å². The molecule has 3 rings (SSSR count). The molecule has 2 heterocycles. The van der Waals surface area contributed by atoms with Gasteiger partial charge < -0.3 is 10.2 Å². The molecule has 2 amide bonds. The second-order valence-electron chi connectivity index (χ2n) is 6.27. The fraction of sp³-hybridized carbons (Fsp3) is 0.300. The van der Waals surface area contributed by atoms with Crippen LogP contribution in [0.15, 0.2) is 55.0 Å². The molecule has 0 atom stereocenters. The number of hydrogen-bond donors (Lipinski definition) is 1. The van der Waals surface area contributed by atoms with E-state index >= 15 is 0 Å². The topological polar surface area (TPSA) is 78.4 Å².